The van der Waals surface area contributed by atoms with Crippen molar-refractivity contribution in [3.05, 3.63) is 35.5 Å². The quantitative estimate of drug-likeness (QED) is 0.637. The zero-order valence-corrected chi connectivity index (χ0v) is 15.5. The monoisotopic (exact) mass is 386 g/mol. The molecule has 0 radical (unpaired) electrons. The number of aromatic amines is 1. The van der Waals surface area contributed by atoms with Crippen LogP contribution >= 0.6 is 11.6 Å². The molecule has 1 aromatic carbocycles. The van der Waals surface area contributed by atoms with Crippen molar-refractivity contribution in [1.82, 2.24) is 25.5 Å². The Morgan fingerprint density at radius 1 is 1.33 bits per heavy atom. The average molecular weight is 387 g/mol. The number of rotatable bonds is 3. The number of piperidine rings is 1. The number of nitrogens with one attached hydrogen (secondary N) is 2. The van der Waals surface area contributed by atoms with Crippen molar-refractivity contribution in [1.29, 1.82) is 0 Å². The van der Waals surface area contributed by atoms with Gasteiger partial charge in [-0.05, 0) is 25.8 Å². The Kier molecular flexibility index (Phi) is 4.35. The SMILES string of the molecule is CC1(NC(=O)O)CCN(c2cnc3c(-c4ccccc4Cl)[nH]nc3n2)CC1. The standard InChI is InChI=1S/C18H19ClN6O2/c1-18(22-17(26)27)6-8-25(9-7-18)13-10-20-15-14(23-24-16(15)21-13)11-4-2-3-5-12(11)19/h2-5,10,22H,6-9H2,1H3,(H,26,27)(H,21,23,24). The van der Waals surface area contributed by atoms with Crippen LogP contribution < -0.4 is 10.2 Å². The molecule has 0 saturated carbocycles. The molecule has 140 valence electrons. The van der Waals surface area contributed by atoms with Gasteiger partial charge in [0.1, 0.15) is 11.3 Å². The van der Waals surface area contributed by atoms with Gasteiger partial charge in [-0.25, -0.2) is 14.8 Å². The lowest BCUT2D eigenvalue weighted by molar-refractivity contribution is 0.173. The van der Waals surface area contributed by atoms with Gasteiger partial charge in [-0.15, -0.1) is 0 Å². The molecule has 2 aromatic heterocycles. The van der Waals surface area contributed by atoms with Crippen LogP contribution in [-0.2, 0) is 0 Å². The molecule has 1 saturated heterocycles. The Labute approximate surface area is 160 Å². The van der Waals surface area contributed by atoms with Crippen molar-refractivity contribution >= 4 is 34.7 Å². The summed E-state index contributed by atoms with van der Waals surface area (Å²) < 4.78 is 0. The second kappa shape index (κ2) is 6.70. The van der Waals surface area contributed by atoms with E-state index in [1.807, 2.05) is 31.2 Å². The highest BCUT2D eigenvalue weighted by atomic mass is 35.5. The van der Waals surface area contributed by atoms with Gasteiger partial charge >= 0.3 is 6.09 Å². The Bertz CT molecular complexity index is 996. The van der Waals surface area contributed by atoms with Gasteiger partial charge < -0.3 is 15.3 Å². The second-order valence-electron chi connectivity index (χ2n) is 6.96. The van der Waals surface area contributed by atoms with Crippen LogP contribution in [0, 0.1) is 0 Å². The van der Waals surface area contributed by atoms with Gasteiger partial charge in [-0.1, -0.05) is 29.8 Å². The third kappa shape index (κ3) is 3.40. The molecular weight excluding hydrogens is 368 g/mol. The fraction of sp³-hybridized carbons (Fsp3) is 0.333. The molecule has 3 aromatic rings. The summed E-state index contributed by atoms with van der Waals surface area (Å²) in [6, 6.07) is 7.51. The summed E-state index contributed by atoms with van der Waals surface area (Å²) in [6.07, 6.45) is 2.14. The minimum absolute atomic E-state index is 0.413. The number of aromatic nitrogens is 4. The van der Waals surface area contributed by atoms with Crippen molar-refractivity contribution in [3.63, 3.8) is 0 Å². The number of hydrogen-bond acceptors (Lipinski definition) is 5. The molecule has 1 amide bonds. The fourth-order valence-corrected chi connectivity index (χ4v) is 3.63. The van der Waals surface area contributed by atoms with E-state index in [1.165, 1.54) is 0 Å². The van der Waals surface area contributed by atoms with Crippen molar-refractivity contribution in [2.45, 2.75) is 25.3 Å². The first-order valence-corrected chi connectivity index (χ1v) is 9.05. The average Bonchev–Trinajstić information content (AvgIpc) is 3.05. The molecule has 0 atom stereocenters. The maximum atomic E-state index is 10.9. The maximum Gasteiger partial charge on any atom is 0.405 e. The highest BCUT2D eigenvalue weighted by molar-refractivity contribution is 6.33. The first-order chi connectivity index (χ1) is 13.0. The van der Waals surface area contributed by atoms with Crippen LogP contribution in [0.25, 0.3) is 22.4 Å². The number of amides is 1. The van der Waals surface area contributed by atoms with Gasteiger partial charge in [-0.2, -0.15) is 5.10 Å². The molecule has 8 nitrogen and oxygen atoms in total. The summed E-state index contributed by atoms with van der Waals surface area (Å²) in [5.41, 5.74) is 2.35. The number of H-pyrrole nitrogens is 1. The lowest BCUT2D eigenvalue weighted by Crippen LogP contribution is -2.53. The largest absolute Gasteiger partial charge is 0.465 e. The zero-order chi connectivity index (χ0) is 19.0. The summed E-state index contributed by atoms with van der Waals surface area (Å²) in [7, 11) is 0. The van der Waals surface area contributed by atoms with Crippen molar-refractivity contribution in [3.8, 4) is 11.3 Å². The van der Waals surface area contributed by atoms with Crippen LogP contribution in [-0.4, -0.2) is 50.0 Å². The molecule has 27 heavy (non-hydrogen) atoms. The third-order valence-electron chi connectivity index (χ3n) is 4.99. The highest BCUT2D eigenvalue weighted by Gasteiger charge is 2.32. The first-order valence-electron chi connectivity index (χ1n) is 8.67. The first kappa shape index (κ1) is 17.5. The van der Waals surface area contributed by atoms with E-state index in [4.69, 9.17) is 16.7 Å². The van der Waals surface area contributed by atoms with Crippen molar-refractivity contribution < 1.29 is 9.90 Å². The predicted molar refractivity (Wildman–Crippen MR) is 103 cm³/mol. The fourth-order valence-electron chi connectivity index (χ4n) is 3.40. The minimum atomic E-state index is -0.990. The van der Waals surface area contributed by atoms with Crippen LogP contribution in [0.15, 0.2) is 30.5 Å². The number of carboxylic acid groups (broad SMARTS) is 1. The Morgan fingerprint density at radius 3 is 2.78 bits per heavy atom. The number of fused-ring (bicyclic) bond motifs is 1. The number of benzene rings is 1. The number of halogens is 1. The lowest BCUT2D eigenvalue weighted by Gasteiger charge is -2.39. The van der Waals surface area contributed by atoms with Gasteiger partial charge in [0.2, 0.25) is 5.65 Å². The summed E-state index contributed by atoms with van der Waals surface area (Å²) in [6.45, 7) is 3.31. The molecule has 1 fully saturated rings. The molecule has 9 heteroatoms. The number of anilines is 1. The zero-order valence-electron chi connectivity index (χ0n) is 14.7. The van der Waals surface area contributed by atoms with Crippen LogP contribution in [0.5, 0.6) is 0 Å². The highest BCUT2D eigenvalue weighted by Crippen LogP contribution is 2.31. The van der Waals surface area contributed by atoms with E-state index < -0.39 is 11.6 Å². The Morgan fingerprint density at radius 2 is 2.07 bits per heavy atom. The minimum Gasteiger partial charge on any atom is -0.465 e. The van der Waals surface area contributed by atoms with Crippen molar-refractivity contribution in [2.75, 3.05) is 18.0 Å². The van der Waals surface area contributed by atoms with Gasteiger partial charge in [0.25, 0.3) is 0 Å². The number of nitrogens with zero attached hydrogens (tertiary/aromatic N) is 4. The molecule has 4 rings (SSSR count). The molecule has 1 aliphatic rings. The molecule has 0 bridgehead atoms. The van der Waals surface area contributed by atoms with E-state index in [1.54, 1.807) is 6.20 Å². The smallest absolute Gasteiger partial charge is 0.405 e. The van der Waals surface area contributed by atoms with Gasteiger partial charge in [0.05, 0.1) is 16.9 Å². The van der Waals surface area contributed by atoms with Crippen molar-refractivity contribution in [2.24, 2.45) is 0 Å². The maximum absolute atomic E-state index is 10.9. The molecule has 0 unspecified atom stereocenters. The summed E-state index contributed by atoms with van der Waals surface area (Å²) >= 11 is 6.28. The van der Waals surface area contributed by atoms with Crippen LogP contribution in [0.2, 0.25) is 5.02 Å². The predicted octanol–water partition coefficient (Wildman–Crippen LogP) is 3.30. The normalized spacial score (nSPS) is 16.4. The van der Waals surface area contributed by atoms with E-state index in [0.717, 1.165) is 17.1 Å². The number of carbonyl (C=O) groups is 1. The van der Waals surface area contributed by atoms with E-state index in [2.05, 4.69) is 30.4 Å². The molecular formula is C18H19ClN6O2. The second-order valence-corrected chi connectivity index (χ2v) is 7.36. The summed E-state index contributed by atoms with van der Waals surface area (Å²) in [5.74, 6) is 0.733. The topological polar surface area (TPSA) is 107 Å². The third-order valence-corrected chi connectivity index (χ3v) is 5.32. The van der Waals surface area contributed by atoms with Crippen LogP contribution in [0.4, 0.5) is 10.6 Å². The van der Waals surface area contributed by atoms with Crippen LogP contribution in [0.1, 0.15) is 19.8 Å². The van der Waals surface area contributed by atoms with E-state index in [9.17, 15) is 4.79 Å². The van der Waals surface area contributed by atoms with Gasteiger partial charge in [0, 0.05) is 24.2 Å². The molecule has 0 spiro atoms. The lowest BCUT2D eigenvalue weighted by atomic mass is 9.90. The number of hydrogen-bond donors (Lipinski definition) is 3. The Hall–Kier alpha value is -2.87. The molecule has 0 aliphatic carbocycles. The summed E-state index contributed by atoms with van der Waals surface area (Å²) in [5, 5.41) is 19.5. The summed E-state index contributed by atoms with van der Waals surface area (Å²) in [4.78, 5) is 22.2. The van der Waals surface area contributed by atoms with Crippen LogP contribution in [0.3, 0.4) is 0 Å². The van der Waals surface area contributed by atoms with Gasteiger partial charge in [-0.3, -0.25) is 5.10 Å². The molecule has 1 aliphatic heterocycles. The molecule has 3 heterocycles. The molecule has 3 N–H and O–H groups in total. The van der Waals surface area contributed by atoms with E-state index >= 15 is 0 Å². The van der Waals surface area contributed by atoms with E-state index in [0.29, 0.717) is 42.1 Å². The van der Waals surface area contributed by atoms with E-state index in [-0.39, 0.29) is 0 Å². The Balaban J connectivity index is 1.57. The van der Waals surface area contributed by atoms with Gasteiger partial charge in [0.15, 0.2) is 0 Å².